The highest BCUT2D eigenvalue weighted by Gasteiger charge is 2.41. The molecule has 4 unspecified atom stereocenters. The number of methoxy groups -OCH3 is 1. The third kappa shape index (κ3) is 9.54. The monoisotopic (exact) mass is 735 g/mol. The Balaban J connectivity index is 1.02. The molecular weight excluding hydrogens is 686 g/mol. The van der Waals surface area contributed by atoms with Gasteiger partial charge in [-0.1, -0.05) is 91.0 Å². The zero-order valence-electron chi connectivity index (χ0n) is 30.7. The number of amides is 2. The maximum atomic E-state index is 12.9. The predicted molar refractivity (Wildman–Crippen MR) is 202 cm³/mol. The van der Waals surface area contributed by atoms with Crippen molar-refractivity contribution in [1.82, 2.24) is 15.5 Å². The molecule has 11 nitrogen and oxygen atoms in total. The van der Waals surface area contributed by atoms with Gasteiger partial charge in [-0.05, 0) is 45.5 Å². The van der Waals surface area contributed by atoms with E-state index in [1.807, 2.05) is 91.0 Å². The lowest BCUT2D eigenvalue weighted by Crippen LogP contribution is -2.48. The minimum absolute atomic E-state index is 0.00802. The average molecular weight is 736 g/mol. The van der Waals surface area contributed by atoms with Crippen LogP contribution in [-0.2, 0) is 48.1 Å². The molecule has 3 fully saturated rings. The number of piperidine rings is 1. The number of likely N-dealkylation sites (tertiary alicyclic amines) is 1. The topological polar surface area (TPSA) is 128 Å². The summed E-state index contributed by atoms with van der Waals surface area (Å²) in [5, 5.41) is 15.3. The third-order valence-electron chi connectivity index (χ3n) is 10.5. The van der Waals surface area contributed by atoms with Crippen LogP contribution in [0, 0.1) is 0 Å². The van der Waals surface area contributed by atoms with Crippen molar-refractivity contribution < 1.29 is 38.4 Å². The Bertz CT molecular complexity index is 1840. The summed E-state index contributed by atoms with van der Waals surface area (Å²) in [7, 11) is 1.31. The van der Waals surface area contributed by atoms with E-state index in [4.69, 9.17) is 23.7 Å². The zero-order valence-corrected chi connectivity index (χ0v) is 30.7. The van der Waals surface area contributed by atoms with E-state index in [-0.39, 0.29) is 25.4 Å². The number of benzene rings is 4. The summed E-state index contributed by atoms with van der Waals surface area (Å²) in [6.07, 6.45) is 1.87. The van der Waals surface area contributed by atoms with E-state index in [0.717, 1.165) is 71.4 Å². The van der Waals surface area contributed by atoms with E-state index in [1.165, 1.54) is 7.11 Å². The number of carbonyl (C=O) groups is 2. The summed E-state index contributed by atoms with van der Waals surface area (Å²) in [5.74, 6) is -0.934. The molecule has 0 radical (unpaired) electrons. The molecule has 0 aromatic heterocycles. The fourth-order valence-corrected chi connectivity index (χ4v) is 7.49. The summed E-state index contributed by atoms with van der Waals surface area (Å²) in [6.45, 7) is 4.11. The summed E-state index contributed by atoms with van der Waals surface area (Å²) in [5.41, 5.74) is 6.61. The molecule has 3 saturated heterocycles. The van der Waals surface area contributed by atoms with Crippen LogP contribution in [-0.4, -0.2) is 79.9 Å². The number of nitrogens with zero attached hydrogens (tertiary/aromatic N) is 1. The van der Waals surface area contributed by atoms with Gasteiger partial charge < -0.3 is 44.3 Å². The molecule has 4 aromatic rings. The van der Waals surface area contributed by atoms with E-state index in [2.05, 4.69) is 27.7 Å². The van der Waals surface area contributed by atoms with Crippen molar-refractivity contribution in [3.8, 4) is 11.1 Å². The maximum Gasteiger partial charge on any atom is 0.328 e. The van der Waals surface area contributed by atoms with Crippen molar-refractivity contribution in [1.29, 1.82) is 0 Å². The second-order valence-corrected chi connectivity index (χ2v) is 14.2. The number of hydrogen-bond acceptors (Lipinski definition) is 9. The van der Waals surface area contributed by atoms with Gasteiger partial charge in [-0.25, -0.2) is 9.59 Å². The van der Waals surface area contributed by atoms with Gasteiger partial charge >= 0.3 is 12.0 Å². The minimum Gasteiger partial charge on any atom is -0.467 e. The van der Waals surface area contributed by atoms with Crippen LogP contribution >= 0.6 is 0 Å². The van der Waals surface area contributed by atoms with Crippen molar-refractivity contribution in [2.75, 3.05) is 40.0 Å². The molecular formula is C43H49N3O8. The number of aliphatic hydroxyl groups excluding tert-OH is 1. The third-order valence-corrected chi connectivity index (χ3v) is 10.5. The smallest absolute Gasteiger partial charge is 0.328 e. The molecule has 284 valence electrons. The molecule has 11 heteroatoms. The number of urea groups is 1. The van der Waals surface area contributed by atoms with Gasteiger partial charge in [-0.15, -0.1) is 0 Å². The summed E-state index contributed by atoms with van der Waals surface area (Å²) in [6, 6.07) is 32.4. The summed E-state index contributed by atoms with van der Waals surface area (Å²) >= 11 is 0. The van der Waals surface area contributed by atoms with Crippen LogP contribution in [0.5, 0.6) is 0 Å². The standard InChI is InChI=1S/C43H49N3O8/c1-50-40(48)38(24-30-7-3-2-4-8-30)45-42(49)44-27-32-9-5-10-34(23-32)35-11-6-12-36(25-35)41-53-37(26-39(54-41)33-15-13-31(29-47)14-16-33)28-46-19-17-43(18-20-46)51-21-22-52-43/h2-16,23,25,37-39,41,47H,17-22,24,26-29H2,1H3,(H2,44,45,49). The molecule has 0 saturated carbocycles. The molecule has 3 heterocycles. The molecule has 2 amide bonds. The van der Waals surface area contributed by atoms with Gasteiger partial charge in [0.1, 0.15) is 6.04 Å². The molecule has 3 aliphatic rings. The minimum atomic E-state index is -0.817. The second-order valence-electron chi connectivity index (χ2n) is 14.2. The van der Waals surface area contributed by atoms with Crippen LogP contribution in [0.25, 0.3) is 11.1 Å². The lowest BCUT2D eigenvalue weighted by atomic mass is 9.97. The molecule has 7 rings (SSSR count). The molecule has 1 spiro atoms. The van der Waals surface area contributed by atoms with Crippen molar-refractivity contribution in [2.24, 2.45) is 0 Å². The zero-order chi connectivity index (χ0) is 37.3. The highest BCUT2D eigenvalue weighted by molar-refractivity contribution is 5.83. The van der Waals surface area contributed by atoms with E-state index < -0.39 is 30.1 Å². The van der Waals surface area contributed by atoms with Crippen molar-refractivity contribution in [3.63, 3.8) is 0 Å². The van der Waals surface area contributed by atoms with Crippen molar-refractivity contribution >= 4 is 12.0 Å². The first-order chi connectivity index (χ1) is 26.4. The number of nitrogens with one attached hydrogen (secondary N) is 2. The van der Waals surface area contributed by atoms with Gasteiger partial charge in [0.15, 0.2) is 12.1 Å². The van der Waals surface area contributed by atoms with Crippen molar-refractivity contribution in [3.05, 3.63) is 131 Å². The van der Waals surface area contributed by atoms with Crippen LogP contribution in [0.2, 0.25) is 0 Å². The second kappa shape index (κ2) is 17.7. The number of rotatable bonds is 12. The van der Waals surface area contributed by atoms with Crippen LogP contribution < -0.4 is 10.6 Å². The van der Waals surface area contributed by atoms with E-state index in [0.29, 0.717) is 26.1 Å². The SMILES string of the molecule is COC(=O)C(Cc1ccccc1)NC(=O)NCc1cccc(-c2cccc(C3OC(CN4CCC5(CC4)OCCO5)CC(c4ccc(CO)cc4)O3)c2)c1. The van der Waals surface area contributed by atoms with Crippen LogP contribution in [0.3, 0.4) is 0 Å². The lowest BCUT2D eigenvalue weighted by Gasteiger charge is -2.41. The van der Waals surface area contributed by atoms with E-state index >= 15 is 0 Å². The number of ether oxygens (including phenoxy) is 5. The number of hydrogen-bond donors (Lipinski definition) is 3. The molecule has 0 bridgehead atoms. The van der Waals surface area contributed by atoms with Gasteiger partial charge in [0, 0.05) is 57.4 Å². The Kier molecular flexibility index (Phi) is 12.3. The molecule has 4 aromatic carbocycles. The molecule has 54 heavy (non-hydrogen) atoms. The average Bonchev–Trinajstić information content (AvgIpc) is 3.68. The molecule has 0 aliphatic carbocycles. The van der Waals surface area contributed by atoms with Gasteiger partial charge in [0.05, 0.1) is 39.1 Å². The maximum absolute atomic E-state index is 12.9. The Labute approximate surface area is 316 Å². The van der Waals surface area contributed by atoms with Gasteiger partial charge in [-0.3, -0.25) is 0 Å². The lowest BCUT2D eigenvalue weighted by molar-refractivity contribution is -0.255. The summed E-state index contributed by atoms with van der Waals surface area (Å²) < 4.78 is 30.2. The molecule has 4 atom stereocenters. The molecule has 3 aliphatic heterocycles. The quantitative estimate of drug-likeness (QED) is 0.155. The highest BCUT2D eigenvalue weighted by atomic mass is 16.7. The largest absolute Gasteiger partial charge is 0.467 e. The van der Waals surface area contributed by atoms with Crippen LogP contribution in [0.15, 0.2) is 103 Å². The van der Waals surface area contributed by atoms with Crippen LogP contribution in [0.4, 0.5) is 4.79 Å². The first-order valence-corrected chi connectivity index (χ1v) is 18.7. The fraction of sp³-hybridized carbons (Fsp3) is 0.395. The highest BCUT2D eigenvalue weighted by Crippen LogP contribution is 2.40. The van der Waals surface area contributed by atoms with E-state index in [9.17, 15) is 14.7 Å². The predicted octanol–water partition coefficient (Wildman–Crippen LogP) is 5.81. The Morgan fingerprint density at radius 3 is 2.26 bits per heavy atom. The van der Waals surface area contributed by atoms with E-state index in [1.54, 1.807) is 0 Å². The van der Waals surface area contributed by atoms with Gasteiger partial charge in [-0.2, -0.15) is 0 Å². The fourth-order valence-electron chi connectivity index (χ4n) is 7.49. The van der Waals surface area contributed by atoms with Crippen LogP contribution in [0.1, 0.15) is 59.5 Å². The first kappa shape index (κ1) is 37.7. The Morgan fingerprint density at radius 1 is 0.833 bits per heavy atom. The Hall–Kier alpha value is -4.62. The van der Waals surface area contributed by atoms with Gasteiger partial charge in [0.2, 0.25) is 0 Å². The number of carbonyl (C=O) groups excluding carboxylic acids is 2. The summed E-state index contributed by atoms with van der Waals surface area (Å²) in [4.78, 5) is 27.8. The normalized spacial score (nSPS) is 21.7. The van der Waals surface area contributed by atoms with Gasteiger partial charge in [0.25, 0.3) is 0 Å². The first-order valence-electron chi connectivity index (χ1n) is 18.7. The Morgan fingerprint density at radius 2 is 1.54 bits per heavy atom. The van der Waals surface area contributed by atoms with Crippen molar-refractivity contribution in [2.45, 2.75) is 69.2 Å². The number of esters is 1. The number of aliphatic hydroxyl groups is 1. The molecule has 3 N–H and O–H groups in total.